The Kier molecular flexibility index (Phi) is 4.34. The van der Waals surface area contributed by atoms with Gasteiger partial charge in [-0.1, -0.05) is 29.3 Å². The number of rotatable bonds is 2. The first-order chi connectivity index (χ1) is 11.7. The second-order valence-corrected chi connectivity index (χ2v) is 6.03. The lowest BCUT2D eigenvalue weighted by Crippen LogP contribution is -2.06. The molecule has 128 valence electrons. The molecule has 0 radical (unpaired) electrons. The fourth-order valence-electron chi connectivity index (χ4n) is 2.38. The summed E-state index contributed by atoms with van der Waals surface area (Å²) < 4.78 is 38.6. The molecule has 1 heterocycles. The lowest BCUT2D eigenvalue weighted by atomic mass is 10.0. The first-order valence-electron chi connectivity index (χ1n) is 6.87. The van der Waals surface area contributed by atoms with E-state index in [0.717, 1.165) is 18.2 Å². The lowest BCUT2D eigenvalue weighted by molar-refractivity contribution is -0.137. The van der Waals surface area contributed by atoms with E-state index in [-0.39, 0.29) is 27.2 Å². The minimum atomic E-state index is -4.58. The fourth-order valence-corrected chi connectivity index (χ4v) is 2.68. The van der Waals surface area contributed by atoms with Gasteiger partial charge in [-0.3, -0.25) is 0 Å². The van der Waals surface area contributed by atoms with Crippen molar-refractivity contribution in [2.45, 2.75) is 6.18 Å². The zero-order valence-corrected chi connectivity index (χ0v) is 13.7. The molecule has 0 aliphatic heterocycles. The zero-order chi connectivity index (χ0) is 18.4. The summed E-state index contributed by atoms with van der Waals surface area (Å²) in [7, 11) is 0. The topological polar surface area (TPSA) is 50.2 Å². The number of halogens is 5. The van der Waals surface area contributed by atoms with Crippen molar-refractivity contribution in [3.63, 3.8) is 0 Å². The number of hydrogen-bond donors (Lipinski definition) is 1. The van der Waals surface area contributed by atoms with Gasteiger partial charge in [-0.2, -0.15) is 13.2 Å². The van der Waals surface area contributed by atoms with E-state index < -0.39 is 17.7 Å². The molecule has 0 spiro atoms. The zero-order valence-electron chi connectivity index (χ0n) is 12.2. The van der Waals surface area contributed by atoms with Crippen LogP contribution in [0, 0.1) is 0 Å². The Labute approximate surface area is 149 Å². The summed E-state index contributed by atoms with van der Waals surface area (Å²) in [4.78, 5) is 15.8. The van der Waals surface area contributed by atoms with E-state index in [2.05, 4.69) is 4.98 Å². The van der Waals surface area contributed by atoms with Gasteiger partial charge in [-0.15, -0.1) is 0 Å². The molecule has 0 fully saturated rings. The van der Waals surface area contributed by atoms with Crippen LogP contribution in [0.15, 0.2) is 42.5 Å². The number of aromatic carboxylic acids is 1. The average molecular weight is 386 g/mol. The van der Waals surface area contributed by atoms with Gasteiger partial charge in [0.05, 0.1) is 32.4 Å². The molecule has 0 aliphatic carbocycles. The highest BCUT2D eigenvalue weighted by Gasteiger charge is 2.31. The van der Waals surface area contributed by atoms with Gasteiger partial charge in [0, 0.05) is 10.9 Å². The van der Waals surface area contributed by atoms with Crippen molar-refractivity contribution in [3.8, 4) is 11.3 Å². The van der Waals surface area contributed by atoms with Gasteiger partial charge in [-0.05, 0) is 36.4 Å². The smallest absolute Gasteiger partial charge is 0.416 e. The van der Waals surface area contributed by atoms with Crippen molar-refractivity contribution in [1.82, 2.24) is 4.98 Å². The molecule has 0 amide bonds. The number of pyridine rings is 1. The monoisotopic (exact) mass is 385 g/mol. The first-order valence-corrected chi connectivity index (χ1v) is 7.63. The van der Waals surface area contributed by atoms with Crippen molar-refractivity contribution in [3.05, 3.63) is 63.6 Å². The Hall–Kier alpha value is -2.31. The summed E-state index contributed by atoms with van der Waals surface area (Å²) in [5, 5.41) is 9.87. The maximum absolute atomic E-state index is 12.9. The van der Waals surface area contributed by atoms with E-state index >= 15 is 0 Å². The molecular weight excluding hydrogens is 378 g/mol. The van der Waals surface area contributed by atoms with E-state index in [1.165, 1.54) is 18.2 Å². The van der Waals surface area contributed by atoms with Crippen LogP contribution >= 0.6 is 23.2 Å². The fraction of sp³-hybridized carbons (Fsp3) is 0.0588. The molecule has 0 atom stereocenters. The van der Waals surface area contributed by atoms with Gasteiger partial charge < -0.3 is 5.11 Å². The van der Waals surface area contributed by atoms with E-state index in [0.29, 0.717) is 10.6 Å². The molecule has 0 aliphatic rings. The van der Waals surface area contributed by atoms with Gasteiger partial charge in [-0.25, -0.2) is 9.78 Å². The molecule has 0 bridgehead atoms. The van der Waals surface area contributed by atoms with Crippen molar-refractivity contribution >= 4 is 40.1 Å². The second kappa shape index (κ2) is 6.20. The van der Waals surface area contributed by atoms with E-state index in [1.807, 2.05) is 0 Å². The lowest BCUT2D eigenvalue weighted by Gasteiger charge is -2.11. The number of hydrogen-bond acceptors (Lipinski definition) is 2. The minimum absolute atomic E-state index is 0.0915. The quantitative estimate of drug-likeness (QED) is 0.594. The van der Waals surface area contributed by atoms with Crippen LogP contribution in [0.25, 0.3) is 22.2 Å². The number of alkyl halides is 3. The summed E-state index contributed by atoms with van der Waals surface area (Å²) in [5.74, 6) is -1.35. The molecule has 2 aromatic carbocycles. The third-order valence-electron chi connectivity index (χ3n) is 3.58. The molecule has 3 aromatic rings. The Morgan fingerprint density at radius 1 is 1.00 bits per heavy atom. The van der Waals surface area contributed by atoms with Crippen LogP contribution in [-0.4, -0.2) is 16.1 Å². The molecule has 0 saturated carbocycles. The van der Waals surface area contributed by atoms with Crippen LogP contribution in [0.5, 0.6) is 0 Å². The van der Waals surface area contributed by atoms with Crippen LogP contribution in [-0.2, 0) is 6.18 Å². The standard InChI is InChI=1S/C17H8Cl2F3NO2/c18-12-3-1-8(5-13(12)19)15-7-11(16(24)25)10-6-9(17(20,21)22)2-4-14(10)23-15/h1-7H,(H,24,25). The largest absolute Gasteiger partial charge is 0.478 e. The Balaban J connectivity index is 2.26. The molecule has 25 heavy (non-hydrogen) atoms. The van der Waals surface area contributed by atoms with Crippen LogP contribution in [0.1, 0.15) is 15.9 Å². The predicted octanol–water partition coefficient (Wildman–Crippen LogP) is 5.93. The summed E-state index contributed by atoms with van der Waals surface area (Å²) in [6.45, 7) is 0. The van der Waals surface area contributed by atoms with Gasteiger partial charge in [0.1, 0.15) is 0 Å². The Bertz CT molecular complexity index is 1000. The highest BCUT2D eigenvalue weighted by atomic mass is 35.5. The molecule has 0 unspecified atom stereocenters. The number of carbonyl (C=O) groups is 1. The number of carboxylic acids is 1. The highest BCUT2D eigenvalue weighted by Crippen LogP contribution is 2.34. The number of nitrogens with zero attached hydrogens (tertiary/aromatic N) is 1. The maximum Gasteiger partial charge on any atom is 0.416 e. The molecule has 0 saturated heterocycles. The normalized spacial score (nSPS) is 11.7. The van der Waals surface area contributed by atoms with Crippen LogP contribution in [0.3, 0.4) is 0 Å². The average Bonchev–Trinajstić information content (AvgIpc) is 2.54. The van der Waals surface area contributed by atoms with E-state index in [4.69, 9.17) is 23.2 Å². The number of benzene rings is 2. The van der Waals surface area contributed by atoms with Gasteiger partial charge >= 0.3 is 12.1 Å². The van der Waals surface area contributed by atoms with Crippen LogP contribution in [0.2, 0.25) is 10.0 Å². The van der Waals surface area contributed by atoms with Crippen molar-refractivity contribution < 1.29 is 23.1 Å². The summed E-state index contributed by atoms with van der Waals surface area (Å²) in [6.07, 6.45) is -4.58. The molecule has 3 rings (SSSR count). The Morgan fingerprint density at radius 3 is 2.32 bits per heavy atom. The molecule has 3 nitrogen and oxygen atoms in total. The van der Waals surface area contributed by atoms with Gasteiger partial charge in [0.15, 0.2) is 0 Å². The third-order valence-corrected chi connectivity index (χ3v) is 4.32. The minimum Gasteiger partial charge on any atom is -0.478 e. The number of fused-ring (bicyclic) bond motifs is 1. The van der Waals surface area contributed by atoms with Crippen molar-refractivity contribution in [2.75, 3.05) is 0 Å². The highest BCUT2D eigenvalue weighted by molar-refractivity contribution is 6.42. The third kappa shape index (κ3) is 3.41. The summed E-state index contributed by atoms with van der Waals surface area (Å²) >= 11 is 11.8. The van der Waals surface area contributed by atoms with Crippen molar-refractivity contribution in [1.29, 1.82) is 0 Å². The molecule has 8 heteroatoms. The van der Waals surface area contributed by atoms with E-state index in [1.54, 1.807) is 6.07 Å². The summed E-state index contributed by atoms with van der Waals surface area (Å²) in [6, 6.07) is 8.63. The van der Waals surface area contributed by atoms with Gasteiger partial charge in [0.25, 0.3) is 0 Å². The van der Waals surface area contributed by atoms with Crippen LogP contribution < -0.4 is 0 Å². The molecular formula is C17H8Cl2F3NO2. The Morgan fingerprint density at radius 2 is 1.72 bits per heavy atom. The SMILES string of the molecule is O=C(O)c1cc(-c2ccc(Cl)c(Cl)c2)nc2ccc(C(F)(F)F)cc12. The predicted molar refractivity (Wildman–Crippen MR) is 89.2 cm³/mol. The molecule has 1 aromatic heterocycles. The van der Waals surface area contributed by atoms with Gasteiger partial charge in [0.2, 0.25) is 0 Å². The second-order valence-electron chi connectivity index (χ2n) is 5.22. The van der Waals surface area contributed by atoms with Crippen LogP contribution in [0.4, 0.5) is 13.2 Å². The first kappa shape index (κ1) is 17.5. The maximum atomic E-state index is 12.9. The number of aromatic nitrogens is 1. The number of carboxylic acid groups (broad SMARTS) is 1. The van der Waals surface area contributed by atoms with Crippen molar-refractivity contribution in [2.24, 2.45) is 0 Å². The summed E-state index contributed by atoms with van der Waals surface area (Å²) in [5.41, 5.74) is -0.320. The van der Waals surface area contributed by atoms with E-state index in [9.17, 15) is 23.1 Å². The molecule has 1 N–H and O–H groups in total.